The molecule has 3 heterocycles. The summed E-state index contributed by atoms with van der Waals surface area (Å²) in [5.74, 6) is 0.177. The summed E-state index contributed by atoms with van der Waals surface area (Å²) in [6, 6.07) is 10.1. The van der Waals surface area contributed by atoms with E-state index in [9.17, 15) is 4.79 Å². The molecule has 1 saturated heterocycles. The Bertz CT molecular complexity index is 756. The van der Waals surface area contributed by atoms with Crippen LogP contribution in [0.2, 0.25) is 0 Å². The molecule has 0 atom stereocenters. The largest absolute Gasteiger partial charge is 0.381 e. The molecule has 1 amide bonds. The van der Waals surface area contributed by atoms with Crippen molar-refractivity contribution < 1.29 is 9.53 Å². The number of hydrogen-bond donors (Lipinski definition) is 1. The van der Waals surface area contributed by atoms with Gasteiger partial charge in [-0.25, -0.2) is 4.68 Å². The van der Waals surface area contributed by atoms with Gasteiger partial charge in [0.1, 0.15) is 0 Å². The third kappa shape index (κ3) is 3.24. The van der Waals surface area contributed by atoms with Gasteiger partial charge in [0.05, 0.1) is 23.0 Å². The van der Waals surface area contributed by atoms with E-state index in [2.05, 4.69) is 17.2 Å². The average molecular weight is 377 g/mol. The molecule has 1 fully saturated rings. The van der Waals surface area contributed by atoms with E-state index in [1.807, 2.05) is 34.0 Å². The third-order valence-electron chi connectivity index (χ3n) is 5.52. The van der Waals surface area contributed by atoms with Gasteiger partial charge in [0.2, 0.25) is 5.91 Å². The number of carbonyl (C=O) groups excluding carboxylic acids is 1. The maximum Gasteiger partial charge on any atom is 0.230 e. The number of amides is 1. The van der Waals surface area contributed by atoms with Crippen molar-refractivity contribution in [3.63, 3.8) is 0 Å². The van der Waals surface area contributed by atoms with Crippen molar-refractivity contribution in [1.29, 1.82) is 0 Å². The summed E-state index contributed by atoms with van der Waals surface area (Å²) in [6.07, 6.45) is 4.14. The first-order chi connectivity index (χ1) is 12.2. The van der Waals surface area contributed by atoms with Crippen molar-refractivity contribution in [3.05, 3.63) is 47.8 Å². The zero-order valence-electron chi connectivity index (χ0n) is 14.8. The van der Waals surface area contributed by atoms with Crippen LogP contribution in [-0.2, 0) is 22.5 Å². The second-order valence-corrected chi connectivity index (χ2v) is 6.94. The van der Waals surface area contributed by atoms with Crippen molar-refractivity contribution in [2.24, 2.45) is 11.1 Å². The predicted molar refractivity (Wildman–Crippen MR) is 101 cm³/mol. The van der Waals surface area contributed by atoms with Gasteiger partial charge in [-0.2, -0.15) is 5.10 Å². The van der Waals surface area contributed by atoms with Crippen molar-refractivity contribution in [3.8, 4) is 5.69 Å². The normalized spacial score (nSPS) is 18.7. The number of nitrogens with zero attached hydrogens (tertiary/aromatic N) is 3. The van der Waals surface area contributed by atoms with E-state index in [-0.39, 0.29) is 18.3 Å². The van der Waals surface area contributed by atoms with Crippen LogP contribution < -0.4 is 5.73 Å². The van der Waals surface area contributed by atoms with Gasteiger partial charge < -0.3 is 15.4 Å². The number of carbonyl (C=O) groups is 1. The monoisotopic (exact) mass is 376 g/mol. The van der Waals surface area contributed by atoms with Crippen LogP contribution in [0.15, 0.2) is 36.5 Å². The van der Waals surface area contributed by atoms with Gasteiger partial charge >= 0.3 is 0 Å². The van der Waals surface area contributed by atoms with Crippen molar-refractivity contribution >= 4 is 18.3 Å². The maximum atomic E-state index is 13.2. The van der Waals surface area contributed by atoms with Crippen molar-refractivity contribution in [1.82, 2.24) is 14.7 Å². The van der Waals surface area contributed by atoms with Gasteiger partial charge in [0, 0.05) is 44.8 Å². The minimum absolute atomic E-state index is 0. The molecule has 0 spiro atoms. The summed E-state index contributed by atoms with van der Waals surface area (Å²) in [6.45, 7) is 2.96. The van der Waals surface area contributed by atoms with Crippen LogP contribution in [0.3, 0.4) is 0 Å². The molecule has 0 saturated carbocycles. The zero-order valence-corrected chi connectivity index (χ0v) is 15.6. The number of benzene rings is 1. The second kappa shape index (κ2) is 7.78. The highest BCUT2D eigenvalue weighted by Crippen LogP contribution is 2.33. The number of nitrogens with two attached hydrogens (primary N) is 1. The summed E-state index contributed by atoms with van der Waals surface area (Å²) < 4.78 is 7.42. The number of aromatic nitrogens is 2. The molecule has 1 aromatic carbocycles. The summed E-state index contributed by atoms with van der Waals surface area (Å²) in [4.78, 5) is 15.1. The van der Waals surface area contributed by atoms with E-state index >= 15 is 0 Å². The van der Waals surface area contributed by atoms with E-state index in [0.29, 0.717) is 32.8 Å². The van der Waals surface area contributed by atoms with Crippen LogP contribution in [-0.4, -0.2) is 46.9 Å². The molecule has 6 nitrogen and oxygen atoms in total. The summed E-state index contributed by atoms with van der Waals surface area (Å²) >= 11 is 0. The summed E-state index contributed by atoms with van der Waals surface area (Å²) in [5.41, 5.74) is 8.93. The first-order valence-corrected chi connectivity index (χ1v) is 8.92. The molecule has 4 rings (SSSR count). The van der Waals surface area contributed by atoms with Crippen LogP contribution in [0, 0.1) is 5.41 Å². The molecule has 2 aromatic rings. The quantitative estimate of drug-likeness (QED) is 0.888. The van der Waals surface area contributed by atoms with Gasteiger partial charge in [-0.1, -0.05) is 18.2 Å². The van der Waals surface area contributed by atoms with E-state index in [0.717, 1.165) is 30.5 Å². The SMILES string of the molecule is Cl.NCC1(C(=O)N2CCc3c(cnn3-c3ccccc3)C2)CCOCC1. The Labute approximate surface area is 159 Å². The molecular formula is C19H25ClN4O2. The van der Waals surface area contributed by atoms with Crippen molar-refractivity contribution in [2.45, 2.75) is 25.8 Å². The first kappa shape index (κ1) is 18.9. The number of para-hydroxylation sites is 1. The molecule has 0 unspecified atom stereocenters. The number of ether oxygens (including phenoxy) is 1. The smallest absolute Gasteiger partial charge is 0.230 e. The zero-order chi connectivity index (χ0) is 17.3. The van der Waals surface area contributed by atoms with E-state index in [1.54, 1.807) is 0 Å². The standard InChI is InChI=1S/C19H24N4O2.ClH/c20-14-19(7-10-25-11-8-19)18(24)22-9-6-17-15(13-22)12-21-23(17)16-4-2-1-3-5-16;/h1-5,12H,6-11,13-14,20H2;1H. The number of rotatable bonds is 3. The molecule has 2 N–H and O–H groups in total. The fourth-order valence-electron chi connectivity index (χ4n) is 3.90. The number of hydrogen-bond acceptors (Lipinski definition) is 4. The summed E-state index contributed by atoms with van der Waals surface area (Å²) in [7, 11) is 0. The molecule has 26 heavy (non-hydrogen) atoms. The predicted octanol–water partition coefficient (Wildman–Crippen LogP) is 1.93. The highest BCUT2D eigenvalue weighted by atomic mass is 35.5. The minimum atomic E-state index is -0.453. The fraction of sp³-hybridized carbons (Fsp3) is 0.474. The van der Waals surface area contributed by atoms with E-state index in [4.69, 9.17) is 10.5 Å². The molecule has 0 bridgehead atoms. The van der Waals surface area contributed by atoms with Crippen LogP contribution in [0.5, 0.6) is 0 Å². The van der Waals surface area contributed by atoms with Crippen LogP contribution >= 0.6 is 12.4 Å². The van der Waals surface area contributed by atoms with Gasteiger partial charge in [0.25, 0.3) is 0 Å². The van der Waals surface area contributed by atoms with Gasteiger partial charge in [-0.05, 0) is 25.0 Å². The minimum Gasteiger partial charge on any atom is -0.381 e. The fourth-order valence-corrected chi connectivity index (χ4v) is 3.90. The number of halogens is 1. The van der Waals surface area contributed by atoms with E-state index < -0.39 is 5.41 Å². The Morgan fingerprint density at radius 3 is 2.65 bits per heavy atom. The molecule has 0 aliphatic carbocycles. The Kier molecular flexibility index (Phi) is 5.65. The Morgan fingerprint density at radius 2 is 1.96 bits per heavy atom. The van der Waals surface area contributed by atoms with Gasteiger partial charge in [-0.3, -0.25) is 4.79 Å². The molecular weight excluding hydrogens is 352 g/mol. The molecule has 2 aliphatic heterocycles. The first-order valence-electron chi connectivity index (χ1n) is 8.92. The molecule has 2 aliphatic rings. The lowest BCUT2D eigenvalue weighted by Crippen LogP contribution is -2.52. The highest BCUT2D eigenvalue weighted by Gasteiger charge is 2.42. The van der Waals surface area contributed by atoms with Gasteiger partial charge in [0.15, 0.2) is 0 Å². The third-order valence-corrected chi connectivity index (χ3v) is 5.52. The van der Waals surface area contributed by atoms with Crippen LogP contribution in [0.25, 0.3) is 5.69 Å². The highest BCUT2D eigenvalue weighted by molar-refractivity contribution is 5.85. The Hall–Kier alpha value is -1.89. The maximum absolute atomic E-state index is 13.2. The lowest BCUT2D eigenvalue weighted by molar-refractivity contribution is -0.148. The Morgan fingerprint density at radius 1 is 1.23 bits per heavy atom. The average Bonchev–Trinajstić information content (AvgIpc) is 3.12. The molecule has 0 radical (unpaired) electrons. The second-order valence-electron chi connectivity index (χ2n) is 6.94. The lowest BCUT2D eigenvalue weighted by Gasteiger charge is -2.40. The number of fused-ring (bicyclic) bond motifs is 1. The van der Waals surface area contributed by atoms with Crippen LogP contribution in [0.4, 0.5) is 0 Å². The van der Waals surface area contributed by atoms with Crippen molar-refractivity contribution in [2.75, 3.05) is 26.3 Å². The van der Waals surface area contributed by atoms with Crippen LogP contribution in [0.1, 0.15) is 24.1 Å². The molecule has 140 valence electrons. The topological polar surface area (TPSA) is 73.4 Å². The lowest BCUT2D eigenvalue weighted by atomic mass is 9.78. The molecule has 1 aromatic heterocycles. The van der Waals surface area contributed by atoms with E-state index in [1.165, 1.54) is 5.69 Å². The molecule has 7 heteroatoms. The van der Waals surface area contributed by atoms with Gasteiger partial charge in [-0.15, -0.1) is 12.4 Å². The summed E-state index contributed by atoms with van der Waals surface area (Å²) in [5, 5.41) is 4.55. The Balaban J connectivity index is 0.00000196.